The molecule has 0 aliphatic heterocycles. The van der Waals surface area contributed by atoms with Crippen LogP contribution in [0.1, 0.15) is 24.3 Å². The first-order valence-electron chi connectivity index (χ1n) is 6.19. The Hall–Kier alpha value is -1.96. The minimum absolute atomic E-state index is 0.0292. The van der Waals surface area contributed by atoms with Gasteiger partial charge in [0.1, 0.15) is 6.54 Å². The van der Waals surface area contributed by atoms with Gasteiger partial charge in [0.25, 0.3) is 0 Å². The lowest BCUT2D eigenvalue weighted by Crippen LogP contribution is -2.36. The van der Waals surface area contributed by atoms with Crippen molar-refractivity contribution in [3.05, 3.63) is 11.9 Å². The minimum Gasteiger partial charge on any atom is -0.476 e. The predicted octanol–water partition coefficient (Wildman–Crippen LogP) is -0.566. The van der Waals surface area contributed by atoms with Crippen molar-refractivity contribution in [2.45, 2.75) is 20.4 Å². The fraction of sp³-hybridized carbons (Fsp3) is 0.636. The summed E-state index contributed by atoms with van der Waals surface area (Å²) in [5, 5.41) is 18.4. The lowest BCUT2D eigenvalue weighted by atomic mass is 10.4. The van der Waals surface area contributed by atoms with Crippen LogP contribution >= 0.6 is 0 Å². The zero-order valence-electron chi connectivity index (χ0n) is 11.2. The molecule has 2 N–H and O–H groups in total. The van der Waals surface area contributed by atoms with Gasteiger partial charge in [-0.05, 0) is 13.1 Å². The number of carboxylic acid groups (broad SMARTS) is 1. The van der Waals surface area contributed by atoms with Gasteiger partial charge in [0, 0.05) is 13.1 Å². The third kappa shape index (κ3) is 5.04. The number of nitrogens with one attached hydrogen (secondary N) is 1. The van der Waals surface area contributed by atoms with Gasteiger partial charge < -0.3 is 15.3 Å². The second kappa shape index (κ2) is 7.47. The van der Waals surface area contributed by atoms with Crippen molar-refractivity contribution in [3.63, 3.8) is 0 Å². The number of carbonyl (C=O) groups excluding carboxylic acids is 1. The molecular weight excluding hydrogens is 250 g/mol. The molecule has 0 atom stereocenters. The monoisotopic (exact) mass is 269 g/mol. The number of hydrogen-bond acceptors (Lipinski definition) is 5. The highest BCUT2D eigenvalue weighted by atomic mass is 16.4. The van der Waals surface area contributed by atoms with Crippen LogP contribution in [0.2, 0.25) is 0 Å². The zero-order chi connectivity index (χ0) is 14.3. The molecule has 0 aliphatic carbocycles. The molecular formula is C11H19N5O3. The first-order chi connectivity index (χ1) is 9.06. The lowest BCUT2D eigenvalue weighted by Gasteiger charge is -2.17. The van der Waals surface area contributed by atoms with Crippen LogP contribution in [-0.4, -0.2) is 63.1 Å². The van der Waals surface area contributed by atoms with Crippen LogP contribution < -0.4 is 5.32 Å². The first kappa shape index (κ1) is 15.1. The quantitative estimate of drug-likeness (QED) is 0.656. The molecule has 1 aromatic heterocycles. The van der Waals surface area contributed by atoms with E-state index in [1.54, 1.807) is 0 Å². The number of carboxylic acids is 1. The number of aromatic nitrogens is 3. The number of amides is 1. The molecule has 1 rings (SSSR count). The average Bonchev–Trinajstić information content (AvgIpc) is 2.83. The van der Waals surface area contributed by atoms with Gasteiger partial charge in [0.15, 0.2) is 5.69 Å². The molecule has 0 unspecified atom stereocenters. The number of nitrogens with zero attached hydrogens (tertiary/aromatic N) is 4. The van der Waals surface area contributed by atoms with E-state index in [4.69, 9.17) is 5.11 Å². The molecule has 0 aromatic carbocycles. The van der Waals surface area contributed by atoms with Gasteiger partial charge >= 0.3 is 5.97 Å². The van der Waals surface area contributed by atoms with Crippen LogP contribution in [0, 0.1) is 0 Å². The van der Waals surface area contributed by atoms with Gasteiger partial charge in [-0.25, -0.2) is 9.48 Å². The molecule has 1 aromatic rings. The van der Waals surface area contributed by atoms with Crippen molar-refractivity contribution in [1.29, 1.82) is 0 Å². The maximum Gasteiger partial charge on any atom is 0.358 e. The predicted molar refractivity (Wildman–Crippen MR) is 67.8 cm³/mol. The smallest absolute Gasteiger partial charge is 0.358 e. The molecule has 0 radical (unpaired) electrons. The summed E-state index contributed by atoms with van der Waals surface area (Å²) >= 11 is 0. The third-order valence-electron chi connectivity index (χ3n) is 2.71. The number of aromatic carboxylic acids is 1. The highest BCUT2D eigenvalue weighted by molar-refractivity contribution is 5.84. The summed E-state index contributed by atoms with van der Waals surface area (Å²) in [6.07, 6.45) is 1.23. The Kier molecular flexibility index (Phi) is 5.94. The second-order valence-corrected chi connectivity index (χ2v) is 3.98. The summed E-state index contributed by atoms with van der Waals surface area (Å²) in [5.74, 6) is -1.37. The Labute approximate surface area is 111 Å². The zero-order valence-corrected chi connectivity index (χ0v) is 11.2. The van der Waals surface area contributed by atoms with E-state index >= 15 is 0 Å². The van der Waals surface area contributed by atoms with E-state index < -0.39 is 5.97 Å². The minimum atomic E-state index is -1.16. The number of hydrogen-bond donors (Lipinski definition) is 2. The molecule has 1 amide bonds. The second-order valence-electron chi connectivity index (χ2n) is 3.98. The SMILES string of the molecule is CCN(CC)CCNC(=O)Cn1cc(C(=O)O)nn1. The average molecular weight is 269 g/mol. The summed E-state index contributed by atoms with van der Waals surface area (Å²) in [7, 11) is 0. The van der Waals surface area contributed by atoms with Crippen molar-refractivity contribution in [1.82, 2.24) is 25.2 Å². The highest BCUT2D eigenvalue weighted by Crippen LogP contribution is 1.92. The van der Waals surface area contributed by atoms with Gasteiger partial charge in [-0.1, -0.05) is 19.1 Å². The van der Waals surface area contributed by atoms with Crippen LogP contribution in [0.4, 0.5) is 0 Å². The number of rotatable bonds is 8. The van der Waals surface area contributed by atoms with Gasteiger partial charge in [0.2, 0.25) is 5.91 Å². The lowest BCUT2D eigenvalue weighted by molar-refractivity contribution is -0.121. The third-order valence-corrected chi connectivity index (χ3v) is 2.71. The van der Waals surface area contributed by atoms with Gasteiger partial charge in [-0.3, -0.25) is 4.79 Å². The van der Waals surface area contributed by atoms with Crippen LogP contribution in [0.5, 0.6) is 0 Å². The largest absolute Gasteiger partial charge is 0.476 e. The van der Waals surface area contributed by atoms with Crippen molar-refractivity contribution >= 4 is 11.9 Å². The number of likely N-dealkylation sites (N-methyl/N-ethyl adjacent to an activating group) is 1. The molecule has 0 aliphatic rings. The summed E-state index contributed by atoms with van der Waals surface area (Å²) in [5.41, 5.74) is -0.170. The molecule has 8 heteroatoms. The van der Waals surface area contributed by atoms with Gasteiger partial charge in [-0.2, -0.15) is 0 Å². The van der Waals surface area contributed by atoms with E-state index in [1.807, 2.05) is 0 Å². The Balaban J connectivity index is 2.32. The highest BCUT2D eigenvalue weighted by Gasteiger charge is 2.10. The van der Waals surface area contributed by atoms with Crippen molar-refractivity contribution in [2.24, 2.45) is 0 Å². The fourth-order valence-electron chi connectivity index (χ4n) is 1.57. The van der Waals surface area contributed by atoms with Crippen LogP contribution in [-0.2, 0) is 11.3 Å². The number of carbonyl (C=O) groups is 2. The summed E-state index contributed by atoms with van der Waals surface area (Å²) in [6.45, 7) is 7.33. The summed E-state index contributed by atoms with van der Waals surface area (Å²) in [4.78, 5) is 24.4. The molecule has 0 saturated heterocycles. The first-order valence-corrected chi connectivity index (χ1v) is 6.19. The van der Waals surface area contributed by atoms with E-state index in [0.29, 0.717) is 6.54 Å². The Morgan fingerprint density at radius 3 is 2.63 bits per heavy atom. The van der Waals surface area contributed by atoms with E-state index in [9.17, 15) is 9.59 Å². The van der Waals surface area contributed by atoms with Crippen LogP contribution in [0.3, 0.4) is 0 Å². The van der Waals surface area contributed by atoms with E-state index in [1.165, 1.54) is 10.9 Å². The molecule has 0 spiro atoms. The van der Waals surface area contributed by atoms with Crippen molar-refractivity contribution in [3.8, 4) is 0 Å². The maximum atomic E-state index is 11.6. The van der Waals surface area contributed by atoms with Crippen LogP contribution in [0.25, 0.3) is 0 Å². The van der Waals surface area contributed by atoms with Crippen molar-refractivity contribution in [2.75, 3.05) is 26.2 Å². The Morgan fingerprint density at radius 1 is 1.42 bits per heavy atom. The Morgan fingerprint density at radius 2 is 2.11 bits per heavy atom. The topological polar surface area (TPSA) is 100 Å². The molecule has 0 bridgehead atoms. The fourth-order valence-corrected chi connectivity index (χ4v) is 1.57. The van der Waals surface area contributed by atoms with Gasteiger partial charge in [-0.15, -0.1) is 5.10 Å². The molecule has 0 fully saturated rings. The molecule has 106 valence electrons. The molecule has 19 heavy (non-hydrogen) atoms. The normalized spacial score (nSPS) is 10.7. The van der Waals surface area contributed by atoms with Gasteiger partial charge in [0.05, 0.1) is 6.20 Å². The Bertz CT molecular complexity index is 428. The standard InChI is InChI=1S/C11H19N5O3/c1-3-15(4-2)6-5-12-10(17)8-16-7-9(11(18)19)13-14-16/h7H,3-6,8H2,1-2H3,(H,12,17)(H,18,19). The van der Waals surface area contributed by atoms with Crippen molar-refractivity contribution < 1.29 is 14.7 Å². The molecule has 1 heterocycles. The van der Waals surface area contributed by atoms with E-state index in [-0.39, 0.29) is 18.1 Å². The van der Waals surface area contributed by atoms with E-state index in [2.05, 4.69) is 34.4 Å². The molecule has 0 saturated carbocycles. The maximum absolute atomic E-state index is 11.6. The molecule has 8 nitrogen and oxygen atoms in total. The summed E-state index contributed by atoms with van der Waals surface area (Å²) in [6, 6.07) is 0. The summed E-state index contributed by atoms with van der Waals surface area (Å²) < 4.78 is 1.20. The van der Waals surface area contributed by atoms with E-state index in [0.717, 1.165) is 19.6 Å². The van der Waals surface area contributed by atoms with Crippen LogP contribution in [0.15, 0.2) is 6.20 Å².